The van der Waals surface area contributed by atoms with Crippen LogP contribution in [0.2, 0.25) is 5.02 Å². The van der Waals surface area contributed by atoms with E-state index in [-0.39, 0.29) is 19.0 Å². The highest BCUT2D eigenvalue weighted by atomic mass is 35.5. The number of nitrogens with zero attached hydrogens (tertiary/aromatic N) is 4. The Morgan fingerprint density at radius 3 is 2.23 bits per heavy atom. The van der Waals surface area contributed by atoms with Crippen LogP contribution in [0.3, 0.4) is 0 Å². The lowest BCUT2D eigenvalue weighted by Gasteiger charge is -2.40. The minimum atomic E-state index is -5.13. The Balaban J connectivity index is 1.11. The Morgan fingerprint density at radius 2 is 1.66 bits per heavy atom. The van der Waals surface area contributed by atoms with Gasteiger partial charge in [-0.25, -0.2) is 0 Å². The summed E-state index contributed by atoms with van der Waals surface area (Å²) in [5.41, 5.74) is -0.857. The SMILES string of the molecule is CN(Cc1cncs1)C(=O)c1ccc(N2CCC(CC3CCN(C(=O)[C@](O)(c4ccccc4)C(F)(F)F)CC3)CC2)cc1Cl. The van der Waals surface area contributed by atoms with Gasteiger partial charge in [-0.15, -0.1) is 11.3 Å². The molecule has 1 N–H and O–H groups in total. The molecule has 2 aliphatic heterocycles. The average Bonchev–Trinajstić information content (AvgIpc) is 3.53. The second-order valence-corrected chi connectivity index (χ2v) is 13.1. The number of benzene rings is 2. The van der Waals surface area contributed by atoms with Crippen molar-refractivity contribution in [2.24, 2.45) is 11.8 Å². The van der Waals surface area contributed by atoms with Gasteiger partial charge in [0.25, 0.3) is 17.4 Å². The first-order chi connectivity index (χ1) is 21.0. The zero-order valence-corrected chi connectivity index (χ0v) is 26.0. The Morgan fingerprint density at radius 1 is 1.02 bits per heavy atom. The summed E-state index contributed by atoms with van der Waals surface area (Å²) in [6, 6.07) is 12.1. The molecule has 12 heteroatoms. The third-order valence-corrected chi connectivity index (χ3v) is 9.94. The quantitative estimate of drug-likeness (QED) is 0.308. The zero-order valence-electron chi connectivity index (χ0n) is 24.5. The third-order valence-electron chi connectivity index (χ3n) is 8.87. The van der Waals surface area contributed by atoms with Crippen LogP contribution in [0.1, 0.15) is 52.9 Å². The molecule has 2 aromatic carbocycles. The van der Waals surface area contributed by atoms with Crippen LogP contribution in [0.15, 0.2) is 60.2 Å². The summed E-state index contributed by atoms with van der Waals surface area (Å²) in [7, 11) is 1.74. The molecule has 44 heavy (non-hydrogen) atoms. The van der Waals surface area contributed by atoms with E-state index in [1.807, 2.05) is 12.1 Å². The van der Waals surface area contributed by atoms with E-state index in [9.17, 15) is 27.9 Å². The van der Waals surface area contributed by atoms with Crippen molar-refractivity contribution < 1.29 is 27.9 Å². The zero-order chi connectivity index (χ0) is 31.5. The molecule has 0 unspecified atom stereocenters. The predicted octanol–water partition coefficient (Wildman–Crippen LogP) is 6.36. The highest BCUT2D eigenvalue weighted by Gasteiger charge is 2.62. The van der Waals surface area contributed by atoms with Crippen LogP contribution in [0.4, 0.5) is 18.9 Å². The standard InChI is InChI=1S/C32H36ClF3N4O3S/c1-38(20-26-19-37-21-44-26)29(41)27-8-7-25(18-28(27)33)39-13-9-22(10-14-39)17-23-11-15-40(16-12-23)30(42)31(43,32(34,35)36)24-5-3-2-4-6-24/h2-8,18-19,21-23,43H,9-17,20H2,1H3/t31-/m1/s1. The van der Waals surface area contributed by atoms with E-state index in [1.54, 1.807) is 35.8 Å². The number of carbonyl (C=O) groups is 2. The number of piperidine rings is 2. The van der Waals surface area contributed by atoms with Crippen LogP contribution >= 0.6 is 22.9 Å². The summed E-state index contributed by atoms with van der Waals surface area (Å²) in [5.74, 6) is -0.662. The summed E-state index contributed by atoms with van der Waals surface area (Å²) in [6.45, 7) is 2.53. The lowest BCUT2D eigenvalue weighted by molar-refractivity contribution is -0.262. The maximum absolute atomic E-state index is 14.0. The first-order valence-corrected chi connectivity index (χ1v) is 16.0. The van der Waals surface area contributed by atoms with E-state index in [0.29, 0.717) is 41.8 Å². The molecular weight excluding hydrogens is 613 g/mol. The summed E-state index contributed by atoms with van der Waals surface area (Å²) < 4.78 is 41.9. The maximum atomic E-state index is 14.0. The Labute approximate surface area is 264 Å². The first kappa shape index (κ1) is 32.2. The van der Waals surface area contributed by atoms with E-state index in [4.69, 9.17) is 11.6 Å². The summed E-state index contributed by atoms with van der Waals surface area (Å²) in [5, 5.41) is 11.1. The molecule has 0 radical (unpaired) electrons. The Kier molecular flexibility index (Phi) is 9.86. The van der Waals surface area contributed by atoms with E-state index >= 15 is 0 Å². The van der Waals surface area contributed by atoms with Gasteiger partial charge in [-0.1, -0.05) is 41.9 Å². The fourth-order valence-electron chi connectivity index (χ4n) is 6.29. The topological polar surface area (TPSA) is 77.0 Å². The van der Waals surface area contributed by atoms with Gasteiger partial charge in [0.1, 0.15) is 0 Å². The van der Waals surface area contributed by atoms with Crippen molar-refractivity contribution in [3.8, 4) is 0 Å². The molecule has 236 valence electrons. The number of likely N-dealkylation sites (tertiary alicyclic amines) is 1. The number of halogens is 4. The molecule has 1 atom stereocenters. The van der Waals surface area contributed by atoms with Gasteiger partial charge < -0.3 is 19.8 Å². The first-order valence-electron chi connectivity index (χ1n) is 14.8. The fraction of sp³-hybridized carbons (Fsp3) is 0.469. The molecule has 3 aromatic rings. The van der Waals surface area contributed by atoms with Crippen LogP contribution in [-0.4, -0.2) is 71.1 Å². The number of aliphatic hydroxyl groups is 1. The van der Waals surface area contributed by atoms with Crippen LogP contribution in [-0.2, 0) is 16.9 Å². The van der Waals surface area contributed by atoms with Crippen LogP contribution < -0.4 is 4.90 Å². The number of carbonyl (C=O) groups excluding carboxylic acids is 2. The highest BCUT2D eigenvalue weighted by molar-refractivity contribution is 7.09. The Bertz CT molecular complexity index is 1430. The molecule has 1 aromatic heterocycles. The largest absolute Gasteiger partial charge is 0.430 e. The number of aromatic nitrogens is 1. The van der Waals surface area contributed by atoms with Crippen molar-refractivity contribution >= 4 is 40.4 Å². The summed E-state index contributed by atoms with van der Waals surface area (Å²) in [6.07, 6.45) is 0.729. The van der Waals surface area contributed by atoms with Crippen molar-refractivity contribution in [3.63, 3.8) is 0 Å². The summed E-state index contributed by atoms with van der Waals surface area (Å²) >= 11 is 8.05. The minimum absolute atomic E-state index is 0.149. The van der Waals surface area contributed by atoms with Crippen LogP contribution in [0.25, 0.3) is 0 Å². The van der Waals surface area contributed by atoms with Crippen LogP contribution in [0.5, 0.6) is 0 Å². The van der Waals surface area contributed by atoms with Crippen molar-refractivity contribution in [2.75, 3.05) is 38.1 Å². The average molecular weight is 649 g/mol. The molecule has 2 amide bonds. The number of thiazole rings is 1. The van der Waals surface area contributed by atoms with Crippen LogP contribution in [0, 0.1) is 11.8 Å². The van der Waals surface area contributed by atoms with Gasteiger partial charge in [-0.2, -0.15) is 13.2 Å². The molecule has 3 heterocycles. The van der Waals surface area contributed by atoms with Crippen molar-refractivity contribution in [1.29, 1.82) is 0 Å². The normalized spacial score (nSPS) is 18.2. The number of anilines is 1. The van der Waals surface area contributed by atoms with Crippen molar-refractivity contribution in [3.05, 3.63) is 81.3 Å². The molecule has 0 spiro atoms. The van der Waals surface area contributed by atoms with E-state index < -0.39 is 23.2 Å². The Hall–Kier alpha value is -3.15. The molecular formula is C32H36ClF3N4O3S. The van der Waals surface area contributed by atoms with Crippen molar-refractivity contribution in [1.82, 2.24) is 14.8 Å². The minimum Gasteiger partial charge on any atom is -0.371 e. The van der Waals surface area contributed by atoms with E-state index in [0.717, 1.165) is 59.9 Å². The fourth-order valence-corrected chi connectivity index (χ4v) is 7.19. The van der Waals surface area contributed by atoms with Gasteiger partial charge in [-0.3, -0.25) is 14.6 Å². The van der Waals surface area contributed by atoms with Gasteiger partial charge in [0.05, 0.1) is 22.6 Å². The number of hydrogen-bond donors (Lipinski definition) is 1. The number of alkyl halides is 3. The number of rotatable bonds is 8. The highest BCUT2D eigenvalue weighted by Crippen LogP contribution is 2.41. The lowest BCUT2D eigenvalue weighted by Crippen LogP contribution is -2.57. The second kappa shape index (κ2) is 13.5. The maximum Gasteiger partial charge on any atom is 0.430 e. The van der Waals surface area contributed by atoms with Gasteiger partial charge in [-0.05, 0) is 62.1 Å². The molecule has 0 aliphatic carbocycles. The summed E-state index contributed by atoms with van der Waals surface area (Å²) in [4.78, 5) is 36.1. The third kappa shape index (κ3) is 6.89. The monoisotopic (exact) mass is 648 g/mol. The van der Waals surface area contributed by atoms with Gasteiger partial charge >= 0.3 is 6.18 Å². The number of amides is 2. The lowest BCUT2D eigenvalue weighted by atomic mass is 9.82. The van der Waals surface area contributed by atoms with Crippen molar-refractivity contribution in [2.45, 2.75) is 50.4 Å². The molecule has 2 fully saturated rings. The van der Waals surface area contributed by atoms with E-state index in [2.05, 4.69) is 9.88 Å². The molecule has 2 aliphatic rings. The van der Waals surface area contributed by atoms with Gasteiger partial charge in [0, 0.05) is 55.6 Å². The molecule has 0 saturated carbocycles. The molecule has 2 saturated heterocycles. The molecule has 5 rings (SSSR count). The smallest absolute Gasteiger partial charge is 0.371 e. The molecule has 7 nitrogen and oxygen atoms in total. The predicted molar refractivity (Wildman–Crippen MR) is 165 cm³/mol. The van der Waals surface area contributed by atoms with Gasteiger partial charge in [0.2, 0.25) is 0 Å². The number of hydrogen-bond acceptors (Lipinski definition) is 6. The van der Waals surface area contributed by atoms with E-state index in [1.165, 1.54) is 23.5 Å². The van der Waals surface area contributed by atoms with Gasteiger partial charge in [0.15, 0.2) is 0 Å². The molecule has 0 bridgehead atoms. The second-order valence-electron chi connectivity index (χ2n) is 11.8.